The Bertz CT molecular complexity index is 2450. The molecule has 1 aliphatic heterocycles. The van der Waals surface area contributed by atoms with Crippen LogP contribution in [0.4, 0.5) is 11.4 Å². The third kappa shape index (κ3) is 7.97. The van der Waals surface area contributed by atoms with Crippen LogP contribution in [-0.2, 0) is 4.79 Å². The minimum absolute atomic E-state index is 0.0435. The molecule has 0 bridgehead atoms. The number of aromatic hydroxyl groups is 2. The van der Waals surface area contributed by atoms with Gasteiger partial charge in [0.25, 0.3) is 0 Å². The third-order valence-corrected chi connectivity index (χ3v) is 8.85. The molecule has 1 heterocycles. The number of nitrogen functional groups attached to an aromatic ring is 1. The van der Waals surface area contributed by atoms with Crippen molar-refractivity contribution in [2.24, 2.45) is 5.73 Å². The average Bonchev–Trinajstić information content (AvgIpc) is 3.21. The number of anilines is 2. The largest absolute Gasteiger partial charge is 0.504 e. The monoisotopic (exact) mass is 729 g/mol. The van der Waals surface area contributed by atoms with E-state index in [9.17, 15) is 25.5 Å². The number of nitriles is 2. The van der Waals surface area contributed by atoms with Crippen molar-refractivity contribution in [2.45, 2.75) is 5.92 Å². The first-order valence-electron chi connectivity index (χ1n) is 16.9. The number of rotatable bonds is 11. The van der Waals surface area contributed by atoms with Gasteiger partial charge in [0.1, 0.15) is 17.3 Å². The molecule has 1 atom stereocenters. The van der Waals surface area contributed by atoms with E-state index in [1.807, 2.05) is 0 Å². The van der Waals surface area contributed by atoms with E-state index in [-0.39, 0.29) is 40.0 Å². The summed E-state index contributed by atoms with van der Waals surface area (Å²) in [6.45, 7) is 0. The van der Waals surface area contributed by atoms with Crippen molar-refractivity contribution in [1.82, 2.24) is 0 Å². The van der Waals surface area contributed by atoms with Crippen LogP contribution in [0.2, 0.25) is 0 Å². The van der Waals surface area contributed by atoms with Gasteiger partial charge in [-0.3, -0.25) is 9.69 Å². The summed E-state index contributed by atoms with van der Waals surface area (Å²) in [6, 6.07) is 34.4. The number of ether oxygens (including phenoxy) is 3. The number of carbonyl (C=O) groups excluding carboxylic acids is 1. The lowest BCUT2D eigenvalue weighted by Crippen LogP contribution is -2.36. The molecule has 1 aliphatic rings. The number of phenolic OH excluding ortho intramolecular Hbond substituents is 2. The SMILES string of the molecule is COc1cc(C=CC(=O)C2=C(C=Cc3ccc(O)c(OC)c3)N(c3ccc(Oc4ccc(N)cc4)cc3)C(N)=C(C#N)C2c2ccc(C#N)cc2)ccc1O. The standard InChI is InChI=1S/C44H35N5O6/c1-53-40-23-27(6-20-37(40)50)5-19-36-43(39(52)22-8-28-7-21-38(51)41(24-28)54-2)42(30-9-3-29(25-45)4-10-30)35(26-46)44(48)49(36)32-13-17-34(18-14-32)55-33-15-11-31(47)12-16-33/h3-24,42,50-51H,47-48H2,1-2H3. The minimum Gasteiger partial charge on any atom is -0.504 e. The molecular weight excluding hydrogens is 695 g/mol. The van der Waals surface area contributed by atoms with E-state index in [1.54, 1.807) is 120 Å². The fraction of sp³-hybridized carbons (Fsp3) is 0.0682. The van der Waals surface area contributed by atoms with E-state index >= 15 is 0 Å². The van der Waals surface area contributed by atoms with Crippen molar-refractivity contribution in [1.29, 1.82) is 10.5 Å². The van der Waals surface area contributed by atoms with E-state index < -0.39 is 11.7 Å². The molecule has 5 aromatic carbocycles. The molecule has 11 heteroatoms. The minimum atomic E-state index is -0.942. The molecule has 0 amide bonds. The van der Waals surface area contributed by atoms with Crippen molar-refractivity contribution < 1.29 is 29.2 Å². The Labute approximate surface area is 317 Å². The summed E-state index contributed by atoms with van der Waals surface area (Å²) >= 11 is 0. The molecule has 55 heavy (non-hydrogen) atoms. The van der Waals surface area contributed by atoms with Gasteiger partial charge < -0.3 is 35.9 Å². The number of nitrogens with two attached hydrogens (primary N) is 2. The summed E-state index contributed by atoms with van der Waals surface area (Å²) in [5, 5.41) is 40.6. The lowest BCUT2D eigenvalue weighted by Gasteiger charge is -2.36. The molecule has 0 aromatic heterocycles. The fourth-order valence-corrected chi connectivity index (χ4v) is 6.09. The summed E-state index contributed by atoms with van der Waals surface area (Å²) < 4.78 is 16.6. The van der Waals surface area contributed by atoms with Gasteiger partial charge in [0.15, 0.2) is 28.8 Å². The zero-order chi connectivity index (χ0) is 39.1. The van der Waals surface area contributed by atoms with Gasteiger partial charge >= 0.3 is 0 Å². The molecule has 6 N–H and O–H groups in total. The number of ketones is 1. The Morgan fingerprint density at radius 1 is 0.727 bits per heavy atom. The highest BCUT2D eigenvalue weighted by Crippen LogP contribution is 2.44. The lowest BCUT2D eigenvalue weighted by molar-refractivity contribution is -0.111. The number of benzene rings is 5. The Kier molecular flexibility index (Phi) is 10.9. The predicted octanol–water partition coefficient (Wildman–Crippen LogP) is 7.91. The zero-order valence-corrected chi connectivity index (χ0v) is 29.8. The van der Waals surface area contributed by atoms with Crippen LogP contribution in [0.3, 0.4) is 0 Å². The van der Waals surface area contributed by atoms with Crippen molar-refractivity contribution in [3.8, 4) is 46.6 Å². The Morgan fingerprint density at radius 2 is 1.29 bits per heavy atom. The van der Waals surface area contributed by atoms with Gasteiger partial charge in [0, 0.05) is 16.9 Å². The van der Waals surface area contributed by atoms with Crippen LogP contribution in [-0.4, -0.2) is 30.2 Å². The Morgan fingerprint density at radius 3 is 1.84 bits per heavy atom. The van der Waals surface area contributed by atoms with Crippen LogP contribution in [0.15, 0.2) is 144 Å². The van der Waals surface area contributed by atoms with Crippen LogP contribution in [0, 0.1) is 22.7 Å². The van der Waals surface area contributed by atoms with Crippen molar-refractivity contribution in [2.75, 3.05) is 24.9 Å². The second-order valence-corrected chi connectivity index (χ2v) is 12.3. The molecule has 1 unspecified atom stereocenters. The molecule has 0 radical (unpaired) electrons. The highest BCUT2D eigenvalue weighted by Gasteiger charge is 2.38. The molecule has 0 saturated carbocycles. The number of hydrogen-bond donors (Lipinski definition) is 4. The number of hydrogen-bond acceptors (Lipinski definition) is 11. The van der Waals surface area contributed by atoms with Gasteiger partial charge in [-0.1, -0.05) is 36.4 Å². The molecular formula is C44H35N5O6. The van der Waals surface area contributed by atoms with E-state index in [4.69, 9.17) is 25.7 Å². The van der Waals surface area contributed by atoms with Gasteiger partial charge in [-0.25, -0.2) is 0 Å². The van der Waals surface area contributed by atoms with Gasteiger partial charge in [-0.05, 0) is 114 Å². The van der Waals surface area contributed by atoms with Gasteiger partial charge in [-0.15, -0.1) is 0 Å². The normalized spacial score (nSPS) is 14.2. The van der Waals surface area contributed by atoms with Crippen LogP contribution in [0.5, 0.6) is 34.5 Å². The molecule has 0 fully saturated rings. The fourth-order valence-electron chi connectivity index (χ4n) is 6.09. The number of methoxy groups -OCH3 is 2. The molecule has 6 rings (SSSR count). The first-order valence-corrected chi connectivity index (χ1v) is 16.9. The first kappa shape index (κ1) is 36.9. The van der Waals surface area contributed by atoms with E-state index in [0.29, 0.717) is 50.8 Å². The molecule has 5 aromatic rings. The first-order chi connectivity index (χ1) is 26.6. The summed E-state index contributed by atoms with van der Waals surface area (Å²) in [4.78, 5) is 16.3. The summed E-state index contributed by atoms with van der Waals surface area (Å²) in [5.74, 6) is 0.167. The van der Waals surface area contributed by atoms with Crippen LogP contribution in [0.1, 0.15) is 28.2 Å². The van der Waals surface area contributed by atoms with Gasteiger partial charge in [0.2, 0.25) is 0 Å². The van der Waals surface area contributed by atoms with Gasteiger partial charge in [-0.2, -0.15) is 10.5 Å². The highest BCUT2D eigenvalue weighted by molar-refractivity contribution is 6.10. The number of nitrogens with zero attached hydrogens (tertiary/aromatic N) is 3. The Balaban J connectivity index is 1.55. The van der Waals surface area contributed by atoms with Crippen LogP contribution in [0.25, 0.3) is 12.2 Å². The Hall–Kier alpha value is -7.89. The molecule has 0 aliphatic carbocycles. The molecule has 0 saturated heterocycles. The summed E-state index contributed by atoms with van der Waals surface area (Å²) in [7, 11) is 2.87. The van der Waals surface area contributed by atoms with E-state index in [0.717, 1.165) is 0 Å². The second-order valence-electron chi connectivity index (χ2n) is 12.3. The number of phenols is 2. The van der Waals surface area contributed by atoms with E-state index in [1.165, 1.54) is 32.4 Å². The maximum Gasteiger partial charge on any atom is 0.184 e. The summed E-state index contributed by atoms with van der Waals surface area (Å²) in [6.07, 6.45) is 6.42. The summed E-state index contributed by atoms with van der Waals surface area (Å²) in [5.41, 5.74) is 16.7. The van der Waals surface area contributed by atoms with Crippen LogP contribution >= 0.6 is 0 Å². The average molecular weight is 730 g/mol. The van der Waals surface area contributed by atoms with Crippen molar-refractivity contribution in [3.05, 3.63) is 166 Å². The topological polar surface area (TPSA) is 188 Å². The molecule has 272 valence electrons. The molecule has 11 nitrogen and oxygen atoms in total. The van der Waals surface area contributed by atoms with Crippen molar-refractivity contribution in [3.63, 3.8) is 0 Å². The van der Waals surface area contributed by atoms with Gasteiger partial charge in [0.05, 0.1) is 49.1 Å². The zero-order valence-electron chi connectivity index (χ0n) is 29.8. The highest BCUT2D eigenvalue weighted by atomic mass is 16.5. The van der Waals surface area contributed by atoms with Crippen molar-refractivity contribution >= 4 is 29.3 Å². The maximum absolute atomic E-state index is 14.7. The maximum atomic E-state index is 14.7. The van der Waals surface area contributed by atoms with E-state index in [2.05, 4.69) is 12.1 Å². The predicted molar refractivity (Wildman–Crippen MR) is 210 cm³/mol. The molecule has 0 spiro atoms. The third-order valence-electron chi connectivity index (χ3n) is 8.85. The lowest BCUT2D eigenvalue weighted by atomic mass is 9.78. The second kappa shape index (κ2) is 16.2. The quantitative estimate of drug-likeness (QED) is 0.0764. The number of allylic oxidation sites excluding steroid dienone is 4. The smallest absolute Gasteiger partial charge is 0.184 e. The van der Waals surface area contributed by atoms with Crippen LogP contribution < -0.4 is 30.6 Å². The number of carbonyl (C=O) groups is 1.